The molecule has 1 N–H and O–H groups in total. The Labute approximate surface area is 79.6 Å². The number of nitrogens with zero attached hydrogens (tertiary/aromatic N) is 1. The Hall–Kier alpha value is -0.890. The lowest BCUT2D eigenvalue weighted by Gasteiger charge is -2.34. The first kappa shape index (κ1) is 8.70. The van der Waals surface area contributed by atoms with Crippen molar-refractivity contribution in [1.82, 2.24) is 4.98 Å². The number of rotatable bonds is 1. The minimum absolute atomic E-state index is 0.523. The highest BCUT2D eigenvalue weighted by Gasteiger charge is 2.21. The van der Waals surface area contributed by atoms with Crippen molar-refractivity contribution in [2.75, 3.05) is 6.54 Å². The molecule has 2 heterocycles. The lowest BCUT2D eigenvalue weighted by molar-refractivity contribution is -0.893. The van der Waals surface area contributed by atoms with Crippen molar-refractivity contribution in [3.05, 3.63) is 37.1 Å². The van der Waals surface area contributed by atoms with Gasteiger partial charge in [0.1, 0.15) is 6.04 Å². The quantitative estimate of drug-likeness (QED) is 0.631. The van der Waals surface area contributed by atoms with Gasteiger partial charge in [0, 0.05) is 12.6 Å². The van der Waals surface area contributed by atoms with Crippen LogP contribution >= 0.6 is 0 Å². The molecule has 1 aromatic heterocycles. The summed E-state index contributed by atoms with van der Waals surface area (Å²) in [6.07, 6.45) is 5.73. The van der Waals surface area contributed by atoms with Crippen LogP contribution < -0.4 is 4.90 Å². The number of hydrogen-bond acceptors (Lipinski definition) is 1. The number of hydrogen-bond donors (Lipinski definition) is 1. The Balaban J connectivity index is 2.15. The molecule has 0 aromatic carbocycles. The number of quaternary nitrogens is 1. The largest absolute Gasteiger partial charge is 0.460 e. The Kier molecular flexibility index (Phi) is 2.60. The average molecular weight is 176 g/mol. The van der Waals surface area contributed by atoms with Crippen LogP contribution in [0.5, 0.6) is 0 Å². The summed E-state index contributed by atoms with van der Waals surface area (Å²) in [6, 6.07) is 6.66. The predicted molar refractivity (Wildman–Crippen MR) is 52.0 cm³/mol. The van der Waals surface area contributed by atoms with E-state index in [1.54, 1.807) is 0 Å². The van der Waals surface area contributed by atoms with Crippen LogP contribution in [-0.4, -0.2) is 11.5 Å². The van der Waals surface area contributed by atoms with E-state index in [0.29, 0.717) is 6.04 Å². The third-order valence-corrected chi connectivity index (χ3v) is 2.78. The van der Waals surface area contributed by atoms with Crippen LogP contribution in [0.25, 0.3) is 0 Å². The highest BCUT2D eigenvalue weighted by Crippen LogP contribution is 2.16. The van der Waals surface area contributed by atoms with Crippen molar-refractivity contribution >= 4 is 0 Å². The molecule has 2 heteroatoms. The van der Waals surface area contributed by atoms with Gasteiger partial charge in [-0.1, -0.05) is 6.07 Å². The second-order valence-electron chi connectivity index (χ2n) is 3.71. The fourth-order valence-corrected chi connectivity index (χ4v) is 2.02. The molecule has 1 aliphatic rings. The van der Waals surface area contributed by atoms with Crippen LogP contribution in [-0.2, 0) is 0 Å². The molecule has 0 aliphatic carbocycles. The number of piperidine rings is 1. The van der Waals surface area contributed by atoms with E-state index in [1.807, 2.05) is 12.3 Å². The molecule has 1 saturated heterocycles. The molecule has 0 amide bonds. The van der Waals surface area contributed by atoms with Gasteiger partial charge in [-0.25, -0.2) is 0 Å². The summed E-state index contributed by atoms with van der Waals surface area (Å²) in [6.45, 7) is 1.18. The third-order valence-electron chi connectivity index (χ3n) is 2.78. The van der Waals surface area contributed by atoms with Gasteiger partial charge >= 0.3 is 0 Å². The maximum absolute atomic E-state index is 4.39. The van der Waals surface area contributed by atoms with E-state index in [9.17, 15) is 0 Å². The molecular weight excluding hydrogens is 160 g/mol. The topological polar surface area (TPSA) is 17.3 Å². The van der Waals surface area contributed by atoms with Gasteiger partial charge in [0.15, 0.2) is 0 Å². The second kappa shape index (κ2) is 3.88. The Morgan fingerprint density at radius 3 is 3.00 bits per heavy atom. The van der Waals surface area contributed by atoms with Crippen molar-refractivity contribution in [3.8, 4) is 0 Å². The van der Waals surface area contributed by atoms with Gasteiger partial charge in [0.05, 0.1) is 12.2 Å². The fourth-order valence-electron chi connectivity index (χ4n) is 2.02. The molecule has 2 rings (SSSR count). The van der Waals surface area contributed by atoms with E-state index in [4.69, 9.17) is 0 Å². The summed E-state index contributed by atoms with van der Waals surface area (Å²) >= 11 is 0. The Morgan fingerprint density at radius 1 is 1.38 bits per heavy atom. The summed E-state index contributed by atoms with van der Waals surface area (Å²) in [7, 11) is 4.13. The molecule has 2 atom stereocenters. The summed E-state index contributed by atoms with van der Waals surface area (Å²) in [5, 5.41) is 0. The fraction of sp³-hybridized carbons (Fsp3) is 0.455. The first-order valence-corrected chi connectivity index (χ1v) is 4.96. The van der Waals surface area contributed by atoms with Crippen LogP contribution in [0.15, 0.2) is 24.4 Å². The molecule has 0 radical (unpaired) electrons. The molecule has 1 aromatic rings. The van der Waals surface area contributed by atoms with Crippen LogP contribution in [0.4, 0.5) is 0 Å². The van der Waals surface area contributed by atoms with Crippen LogP contribution in [0.1, 0.15) is 31.0 Å². The second-order valence-corrected chi connectivity index (χ2v) is 3.71. The van der Waals surface area contributed by atoms with Crippen molar-refractivity contribution in [1.29, 1.82) is 0 Å². The number of likely N-dealkylation sites (tertiary alicyclic amines) is 1. The predicted octanol–water partition coefficient (Wildman–Crippen LogP) is 0.983. The van der Waals surface area contributed by atoms with Crippen LogP contribution in [0.3, 0.4) is 0 Å². The lowest BCUT2D eigenvalue weighted by atomic mass is 10.00. The Morgan fingerprint density at radius 2 is 2.31 bits per heavy atom. The molecular formula is C11H16N2. The molecule has 1 unspecified atom stereocenters. The van der Waals surface area contributed by atoms with Crippen LogP contribution in [0, 0.1) is 7.05 Å². The zero-order chi connectivity index (χ0) is 9.10. The van der Waals surface area contributed by atoms with Crippen molar-refractivity contribution in [2.45, 2.75) is 25.3 Å². The molecule has 70 valence electrons. The standard InChI is InChI=1S/C11H16N2/c1-13-9-5-3-7-11(13)10-6-2-4-8-12-10/h2,4,6,8,11,13H,1,3,5,7,9H2/t11-/m1/s1. The van der Waals surface area contributed by atoms with E-state index >= 15 is 0 Å². The summed E-state index contributed by atoms with van der Waals surface area (Å²) in [5.74, 6) is 0. The molecule has 1 aliphatic heterocycles. The maximum Gasteiger partial charge on any atom is 0.106 e. The van der Waals surface area contributed by atoms with Gasteiger partial charge in [-0.15, -0.1) is 0 Å². The van der Waals surface area contributed by atoms with E-state index < -0.39 is 0 Å². The van der Waals surface area contributed by atoms with Gasteiger partial charge in [-0.3, -0.25) is 4.98 Å². The SMILES string of the molecule is [CH2-][NH+]1CCCC[C@@H]1c1ccccn1. The summed E-state index contributed by atoms with van der Waals surface area (Å²) < 4.78 is 0. The molecule has 2 nitrogen and oxygen atoms in total. The molecule has 13 heavy (non-hydrogen) atoms. The van der Waals surface area contributed by atoms with E-state index in [0.717, 1.165) is 0 Å². The van der Waals surface area contributed by atoms with Crippen molar-refractivity contribution in [2.24, 2.45) is 0 Å². The zero-order valence-electron chi connectivity index (χ0n) is 7.87. The van der Waals surface area contributed by atoms with Crippen molar-refractivity contribution < 1.29 is 4.90 Å². The summed E-state index contributed by atoms with van der Waals surface area (Å²) in [4.78, 5) is 5.76. The number of nitrogens with one attached hydrogen (secondary N) is 1. The van der Waals surface area contributed by atoms with Crippen LogP contribution in [0.2, 0.25) is 0 Å². The smallest absolute Gasteiger partial charge is 0.106 e. The van der Waals surface area contributed by atoms with Gasteiger partial charge < -0.3 is 4.90 Å². The number of aromatic nitrogens is 1. The maximum atomic E-state index is 4.39. The molecule has 0 bridgehead atoms. The number of pyridine rings is 1. The summed E-state index contributed by atoms with van der Waals surface area (Å²) in [5.41, 5.74) is 1.20. The molecule has 0 saturated carbocycles. The highest BCUT2D eigenvalue weighted by molar-refractivity contribution is 5.06. The van der Waals surface area contributed by atoms with E-state index in [2.05, 4.69) is 24.2 Å². The first-order chi connectivity index (χ1) is 6.38. The third kappa shape index (κ3) is 1.89. The Bertz CT molecular complexity index is 258. The highest BCUT2D eigenvalue weighted by atomic mass is 15.1. The minimum Gasteiger partial charge on any atom is -0.460 e. The lowest BCUT2D eigenvalue weighted by Crippen LogP contribution is -3.08. The van der Waals surface area contributed by atoms with Gasteiger partial charge in [-0.2, -0.15) is 7.05 Å². The van der Waals surface area contributed by atoms with E-state index in [1.165, 1.54) is 36.4 Å². The van der Waals surface area contributed by atoms with Gasteiger partial charge in [0.2, 0.25) is 0 Å². The van der Waals surface area contributed by atoms with Gasteiger partial charge in [-0.05, 0) is 25.0 Å². The normalized spacial score (nSPS) is 28.7. The minimum atomic E-state index is 0.523. The van der Waals surface area contributed by atoms with E-state index in [-0.39, 0.29) is 0 Å². The molecule has 0 spiro atoms. The van der Waals surface area contributed by atoms with Crippen molar-refractivity contribution in [3.63, 3.8) is 0 Å². The zero-order valence-corrected chi connectivity index (χ0v) is 7.87. The average Bonchev–Trinajstić information content (AvgIpc) is 2.20. The monoisotopic (exact) mass is 176 g/mol. The first-order valence-electron chi connectivity index (χ1n) is 4.96. The molecule has 1 fully saturated rings. The van der Waals surface area contributed by atoms with Gasteiger partial charge in [0.25, 0.3) is 0 Å².